The van der Waals surface area contributed by atoms with Crippen molar-refractivity contribution in [3.63, 3.8) is 0 Å². The minimum atomic E-state index is -3.72. The van der Waals surface area contributed by atoms with Gasteiger partial charge in [-0.2, -0.15) is 4.31 Å². The molecule has 1 fully saturated rings. The second-order valence-corrected chi connectivity index (χ2v) is 8.13. The first kappa shape index (κ1) is 17.0. The molecule has 1 aromatic carbocycles. The van der Waals surface area contributed by atoms with Crippen LogP contribution in [0.1, 0.15) is 37.7 Å². The molecule has 0 spiro atoms. The van der Waals surface area contributed by atoms with Crippen LogP contribution in [0.2, 0.25) is 10.0 Å². The molecule has 0 saturated heterocycles. The van der Waals surface area contributed by atoms with E-state index in [2.05, 4.69) is 0 Å². The zero-order chi connectivity index (χ0) is 15.6. The minimum Gasteiger partial charge on any atom is -0.392 e. The summed E-state index contributed by atoms with van der Waals surface area (Å²) in [4.78, 5) is -0.0335. The summed E-state index contributed by atoms with van der Waals surface area (Å²) in [5.41, 5.74) is 0.319. The number of aliphatic hydroxyl groups excluding tert-OH is 1. The lowest BCUT2D eigenvalue weighted by Crippen LogP contribution is -2.38. The third-order valence-electron chi connectivity index (χ3n) is 4.00. The van der Waals surface area contributed by atoms with Crippen LogP contribution in [-0.2, 0) is 16.6 Å². The van der Waals surface area contributed by atoms with Gasteiger partial charge in [-0.3, -0.25) is 0 Å². The van der Waals surface area contributed by atoms with Gasteiger partial charge in [-0.1, -0.05) is 42.5 Å². The van der Waals surface area contributed by atoms with E-state index < -0.39 is 10.0 Å². The molecule has 0 unspecified atom stereocenters. The molecule has 118 valence electrons. The highest BCUT2D eigenvalue weighted by Gasteiger charge is 2.31. The van der Waals surface area contributed by atoms with Crippen molar-refractivity contribution in [2.45, 2.75) is 49.6 Å². The Morgan fingerprint density at radius 1 is 1.24 bits per heavy atom. The first-order valence-corrected chi connectivity index (χ1v) is 9.14. The van der Waals surface area contributed by atoms with Gasteiger partial charge in [0, 0.05) is 18.1 Å². The molecule has 1 aromatic rings. The van der Waals surface area contributed by atoms with E-state index in [4.69, 9.17) is 23.2 Å². The van der Waals surface area contributed by atoms with Crippen molar-refractivity contribution < 1.29 is 13.5 Å². The van der Waals surface area contributed by atoms with Crippen LogP contribution in [0.25, 0.3) is 0 Å². The maximum atomic E-state index is 12.8. The molecule has 0 radical (unpaired) electrons. The third-order valence-corrected chi connectivity index (χ3v) is 6.71. The van der Waals surface area contributed by atoms with Crippen LogP contribution < -0.4 is 0 Å². The number of benzene rings is 1. The molecule has 1 aliphatic carbocycles. The molecule has 0 aromatic heterocycles. The van der Waals surface area contributed by atoms with Crippen LogP contribution in [0.15, 0.2) is 17.0 Å². The molecule has 4 nitrogen and oxygen atoms in total. The van der Waals surface area contributed by atoms with Gasteiger partial charge in [0.15, 0.2) is 0 Å². The van der Waals surface area contributed by atoms with Crippen molar-refractivity contribution in [2.24, 2.45) is 0 Å². The fourth-order valence-corrected chi connectivity index (χ4v) is 5.03. The van der Waals surface area contributed by atoms with Crippen molar-refractivity contribution in [1.82, 2.24) is 4.31 Å². The fourth-order valence-electron chi connectivity index (χ4n) is 2.72. The van der Waals surface area contributed by atoms with Gasteiger partial charge in [-0.15, -0.1) is 0 Å². The Morgan fingerprint density at radius 3 is 2.43 bits per heavy atom. The zero-order valence-electron chi connectivity index (χ0n) is 11.8. The Balaban J connectivity index is 2.41. The topological polar surface area (TPSA) is 57.6 Å². The van der Waals surface area contributed by atoms with Crippen LogP contribution in [0.4, 0.5) is 0 Å². The second-order valence-electron chi connectivity index (χ2n) is 5.35. The normalized spacial score (nSPS) is 17.4. The molecule has 1 N–H and O–H groups in total. The highest BCUT2D eigenvalue weighted by molar-refractivity contribution is 7.89. The molecule has 1 saturated carbocycles. The smallest absolute Gasteiger partial charge is 0.244 e. The molecular weight excluding hydrogens is 333 g/mol. The van der Waals surface area contributed by atoms with Gasteiger partial charge in [0.25, 0.3) is 0 Å². The van der Waals surface area contributed by atoms with Gasteiger partial charge in [0.05, 0.1) is 11.6 Å². The molecule has 7 heteroatoms. The average Bonchev–Trinajstić information content (AvgIpc) is 2.49. The largest absolute Gasteiger partial charge is 0.392 e. The monoisotopic (exact) mass is 351 g/mol. The maximum Gasteiger partial charge on any atom is 0.244 e. The van der Waals surface area contributed by atoms with Gasteiger partial charge in [-0.25, -0.2) is 8.42 Å². The van der Waals surface area contributed by atoms with Gasteiger partial charge in [-0.05, 0) is 30.5 Å². The van der Waals surface area contributed by atoms with Gasteiger partial charge in [0.1, 0.15) is 4.90 Å². The van der Waals surface area contributed by atoms with Crippen molar-refractivity contribution in [1.29, 1.82) is 0 Å². The molecule has 0 atom stereocenters. The number of rotatable bonds is 4. The lowest BCUT2D eigenvalue weighted by atomic mass is 9.96. The molecule has 2 rings (SSSR count). The van der Waals surface area contributed by atoms with Crippen LogP contribution in [-0.4, -0.2) is 30.9 Å². The second kappa shape index (κ2) is 6.84. The Bertz CT molecular complexity index is 613. The Morgan fingerprint density at radius 2 is 1.86 bits per heavy atom. The summed E-state index contributed by atoms with van der Waals surface area (Å²) in [7, 11) is -2.13. The standard InChI is InChI=1S/C14H19Cl2NO3S/c1-17(12-5-3-2-4-6-12)21(19,20)13-8-11(15)7-10(9-18)14(13)16/h7-8,12,18H,2-6,9H2,1H3. The Kier molecular flexibility index (Phi) is 5.54. The van der Waals surface area contributed by atoms with E-state index in [1.165, 1.54) is 16.4 Å². The summed E-state index contributed by atoms with van der Waals surface area (Å²) in [5.74, 6) is 0. The van der Waals surface area contributed by atoms with Gasteiger partial charge in [0.2, 0.25) is 10.0 Å². The third kappa shape index (κ3) is 3.54. The van der Waals surface area contributed by atoms with E-state index >= 15 is 0 Å². The minimum absolute atomic E-state index is 0.00336. The van der Waals surface area contributed by atoms with E-state index in [0.29, 0.717) is 5.56 Å². The van der Waals surface area contributed by atoms with Crippen LogP contribution in [0.5, 0.6) is 0 Å². The Hall–Kier alpha value is -0.330. The van der Waals surface area contributed by atoms with E-state index in [1.54, 1.807) is 7.05 Å². The molecular formula is C14H19Cl2NO3S. The summed E-state index contributed by atoms with van der Waals surface area (Å²) in [6, 6.07) is 2.82. The van der Waals surface area contributed by atoms with Gasteiger partial charge >= 0.3 is 0 Å². The SMILES string of the molecule is CN(C1CCCCC1)S(=O)(=O)c1cc(Cl)cc(CO)c1Cl. The molecule has 0 amide bonds. The van der Waals surface area contributed by atoms with E-state index in [-0.39, 0.29) is 27.6 Å². The van der Waals surface area contributed by atoms with Crippen LogP contribution >= 0.6 is 23.2 Å². The molecule has 0 heterocycles. The number of halogens is 2. The first-order chi connectivity index (χ1) is 9.87. The fraction of sp³-hybridized carbons (Fsp3) is 0.571. The predicted octanol–water partition coefficient (Wildman–Crippen LogP) is 3.44. The molecule has 0 bridgehead atoms. The molecule has 1 aliphatic rings. The first-order valence-electron chi connectivity index (χ1n) is 6.94. The predicted molar refractivity (Wildman–Crippen MR) is 84.2 cm³/mol. The highest BCUT2D eigenvalue weighted by atomic mass is 35.5. The highest BCUT2D eigenvalue weighted by Crippen LogP contribution is 2.33. The van der Waals surface area contributed by atoms with Crippen LogP contribution in [0.3, 0.4) is 0 Å². The summed E-state index contributed by atoms with van der Waals surface area (Å²) >= 11 is 12.1. The van der Waals surface area contributed by atoms with E-state index in [0.717, 1.165) is 32.1 Å². The van der Waals surface area contributed by atoms with E-state index in [1.807, 2.05) is 0 Å². The van der Waals surface area contributed by atoms with Crippen molar-refractivity contribution in [2.75, 3.05) is 7.05 Å². The number of aliphatic hydroxyl groups is 1. The van der Waals surface area contributed by atoms with Crippen molar-refractivity contribution in [3.05, 3.63) is 27.7 Å². The number of hydrogen-bond donors (Lipinski definition) is 1. The lowest BCUT2D eigenvalue weighted by molar-refractivity contribution is 0.281. The zero-order valence-corrected chi connectivity index (χ0v) is 14.2. The quantitative estimate of drug-likeness (QED) is 0.903. The van der Waals surface area contributed by atoms with E-state index in [9.17, 15) is 13.5 Å². The summed E-state index contributed by atoms with van der Waals surface area (Å²) in [5, 5.41) is 9.56. The average molecular weight is 352 g/mol. The number of nitrogens with zero attached hydrogens (tertiary/aromatic N) is 1. The number of hydrogen-bond acceptors (Lipinski definition) is 3. The van der Waals surface area contributed by atoms with Crippen molar-refractivity contribution in [3.8, 4) is 0 Å². The summed E-state index contributed by atoms with van der Waals surface area (Å²) in [6.07, 6.45) is 4.95. The summed E-state index contributed by atoms with van der Waals surface area (Å²) in [6.45, 7) is -0.352. The van der Waals surface area contributed by atoms with Gasteiger partial charge < -0.3 is 5.11 Å². The number of sulfonamides is 1. The summed E-state index contributed by atoms with van der Waals surface area (Å²) < 4.78 is 26.9. The van der Waals surface area contributed by atoms with Crippen molar-refractivity contribution >= 4 is 33.2 Å². The molecule has 0 aliphatic heterocycles. The maximum absolute atomic E-state index is 12.8. The lowest BCUT2D eigenvalue weighted by Gasteiger charge is -2.30. The van der Waals surface area contributed by atoms with Crippen LogP contribution in [0, 0.1) is 0 Å². The molecule has 21 heavy (non-hydrogen) atoms. The Labute approximate surface area is 135 Å².